The Kier molecular flexibility index (Phi) is 4.36. The number of para-hydroxylation sites is 1. The Hall–Kier alpha value is -1.72. The second-order valence-electron chi connectivity index (χ2n) is 5.96. The third-order valence-corrected chi connectivity index (χ3v) is 2.94. The molecule has 0 heterocycles. The minimum absolute atomic E-state index is 0.0160. The van der Waals surface area contributed by atoms with E-state index in [0.717, 1.165) is 6.07 Å². The van der Waals surface area contributed by atoms with Crippen LogP contribution in [0.1, 0.15) is 44.2 Å². The normalized spacial score (nSPS) is 14.1. The Morgan fingerprint density at radius 2 is 1.85 bits per heavy atom. The molecule has 3 nitrogen and oxygen atoms in total. The maximum absolute atomic E-state index is 12.8. The van der Waals surface area contributed by atoms with Gasteiger partial charge in [-0.1, -0.05) is 32.9 Å². The Bertz CT molecular complexity index is 504. The van der Waals surface area contributed by atoms with Crippen LogP contribution in [-0.2, 0) is 11.0 Å². The Balaban J connectivity index is 3.32. The summed E-state index contributed by atoms with van der Waals surface area (Å²) >= 11 is 0. The van der Waals surface area contributed by atoms with Gasteiger partial charge in [0.1, 0.15) is 0 Å². The van der Waals surface area contributed by atoms with Crippen LogP contribution >= 0.6 is 0 Å². The zero-order valence-electron chi connectivity index (χ0n) is 11.6. The van der Waals surface area contributed by atoms with E-state index >= 15 is 0 Å². The fourth-order valence-corrected chi connectivity index (χ4v) is 2.08. The molecule has 1 rings (SSSR count). The molecular weight excluding hydrogens is 271 g/mol. The van der Waals surface area contributed by atoms with Crippen LogP contribution in [0.4, 0.5) is 18.9 Å². The van der Waals surface area contributed by atoms with E-state index in [0.29, 0.717) is 0 Å². The Morgan fingerprint density at radius 3 is 2.25 bits per heavy atom. The van der Waals surface area contributed by atoms with Crippen LogP contribution in [0, 0.1) is 5.41 Å². The van der Waals surface area contributed by atoms with E-state index in [1.54, 1.807) is 0 Å². The van der Waals surface area contributed by atoms with Crippen molar-refractivity contribution in [2.24, 2.45) is 5.41 Å². The number of rotatable bonds is 3. The molecule has 0 aliphatic rings. The van der Waals surface area contributed by atoms with Crippen molar-refractivity contribution in [1.29, 1.82) is 0 Å². The lowest BCUT2D eigenvalue weighted by Gasteiger charge is -2.25. The summed E-state index contributed by atoms with van der Waals surface area (Å²) in [5, 5.41) is 9.27. The number of hydrogen-bond acceptors (Lipinski definition) is 2. The summed E-state index contributed by atoms with van der Waals surface area (Å²) < 4.78 is 38.4. The van der Waals surface area contributed by atoms with Crippen LogP contribution in [0.2, 0.25) is 0 Å². The summed E-state index contributed by atoms with van der Waals surface area (Å²) in [6.45, 7) is 5.48. The molecule has 0 radical (unpaired) electrons. The molecule has 20 heavy (non-hydrogen) atoms. The number of anilines is 1. The summed E-state index contributed by atoms with van der Waals surface area (Å²) in [7, 11) is 0. The van der Waals surface area contributed by atoms with Gasteiger partial charge in [0.25, 0.3) is 0 Å². The molecule has 112 valence electrons. The summed E-state index contributed by atoms with van der Waals surface area (Å²) in [4.78, 5) is 11.4. The zero-order valence-corrected chi connectivity index (χ0v) is 11.6. The minimum atomic E-state index is -4.59. The number of carbonyl (C=O) groups is 1. The van der Waals surface area contributed by atoms with Gasteiger partial charge < -0.3 is 10.8 Å². The van der Waals surface area contributed by atoms with Gasteiger partial charge in [-0.2, -0.15) is 13.2 Å². The van der Waals surface area contributed by atoms with Gasteiger partial charge in [0.2, 0.25) is 0 Å². The fraction of sp³-hybridized carbons (Fsp3) is 0.500. The largest absolute Gasteiger partial charge is 0.481 e. The molecule has 1 unspecified atom stereocenters. The molecular formula is C14H18F3NO2. The van der Waals surface area contributed by atoms with Gasteiger partial charge in [-0.15, -0.1) is 0 Å². The number of carboxylic acids is 1. The number of hydrogen-bond donors (Lipinski definition) is 2. The van der Waals surface area contributed by atoms with Gasteiger partial charge in [-0.3, -0.25) is 4.79 Å². The first-order valence-electron chi connectivity index (χ1n) is 6.12. The Labute approximate surface area is 115 Å². The molecule has 0 saturated carbocycles. The zero-order chi connectivity index (χ0) is 15.7. The van der Waals surface area contributed by atoms with Crippen molar-refractivity contribution in [2.75, 3.05) is 5.73 Å². The smallest absolute Gasteiger partial charge is 0.418 e. The third-order valence-electron chi connectivity index (χ3n) is 2.94. The van der Waals surface area contributed by atoms with Gasteiger partial charge in [-0.05, 0) is 23.5 Å². The van der Waals surface area contributed by atoms with Crippen molar-refractivity contribution in [3.63, 3.8) is 0 Å². The third kappa shape index (κ3) is 3.88. The predicted octanol–water partition coefficient (Wildman–Crippen LogP) is 3.89. The highest BCUT2D eigenvalue weighted by Crippen LogP contribution is 2.40. The lowest BCUT2D eigenvalue weighted by molar-refractivity contribution is -0.140. The lowest BCUT2D eigenvalue weighted by atomic mass is 9.80. The summed E-state index contributed by atoms with van der Waals surface area (Å²) in [6, 6.07) is 3.39. The van der Waals surface area contributed by atoms with E-state index < -0.39 is 29.3 Å². The van der Waals surface area contributed by atoms with Gasteiger partial charge in [0.15, 0.2) is 0 Å². The van der Waals surface area contributed by atoms with Crippen molar-refractivity contribution in [3.05, 3.63) is 29.3 Å². The van der Waals surface area contributed by atoms with Crippen LogP contribution in [0.3, 0.4) is 0 Å². The van der Waals surface area contributed by atoms with Crippen molar-refractivity contribution in [3.8, 4) is 0 Å². The van der Waals surface area contributed by atoms with E-state index in [2.05, 4.69) is 0 Å². The maximum atomic E-state index is 12.8. The molecule has 0 aromatic heterocycles. The lowest BCUT2D eigenvalue weighted by Crippen LogP contribution is -2.21. The van der Waals surface area contributed by atoms with Crippen LogP contribution in [-0.4, -0.2) is 11.1 Å². The molecule has 0 aliphatic carbocycles. The highest BCUT2D eigenvalue weighted by Gasteiger charge is 2.36. The monoisotopic (exact) mass is 289 g/mol. The standard InChI is InChI=1S/C14H18F3NO2/c1-13(2,3)7-9(12(19)20)8-5-4-6-10(11(8)18)14(15,16)17/h4-6,9H,7,18H2,1-3H3,(H,19,20). The maximum Gasteiger partial charge on any atom is 0.418 e. The van der Waals surface area contributed by atoms with Crippen LogP contribution in [0.25, 0.3) is 0 Å². The summed E-state index contributed by atoms with van der Waals surface area (Å²) in [5.74, 6) is -2.23. The van der Waals surface area contributed by atoms with Gasteiger partial charge in [-0.25, -0.2) is 0 Å². The van der Waals surface area contributed by atoms with E-state index in [-0.39, 0.29) is 17.4 Å². The predicted molar refractivity (Wildman–Crippen MR) is 70.3 cm³/mol. The molecule has 0 bridgehead atoms. The molecule has 1 atom stereocenters. The number of alkyl halides is 3. The van der Waals surface area contributed by atoms with Gasteiger partial charge in [0, 0.05) is 5.69 Å². The van der Waals surface area contributed by atoms with Gasteiger partial charge in [0.05, 0.1) is 11.5 Å². The minimum Gasteiger partial charge on any atom is -0.481 e. The molecule has 0 aliphatic heterocycles. The molecule has 0 amide bonds. The SMILES string of the molecule is CC(C)(C)CC(C(=O)O)c1cccc(C(F)(F)F)c1N. The van der Waals surface area contributed by atoms with Crippen LogP contribution in [0.5, 0.6) is 0 Å². The van der Waals surface area contributed by atoms with Crippen molar-refractivity contribution in [1.82, 2.24) is 0 Å². The molecule has 0 spiro atoms. The van der Waals surface area contributed by atoms with Crippen molar-refractivity contribution >= 4 is 11.7 Å². The van der Waals surface area contributed by atoms with Crippen LogP contribution in [0.15, 0.2) is 18.2 Å². The average molecular weight is 289 g/mol. The second-order valence-corrected chi connectivity index (χ2v) is 5.96. The highest BCUT2D eigenvalue weighted by molar-refractivity contribution is 5.79. The van der Waals surface area contributed by atoms with E-state index in [1.165, 1.54) is 12.1 Å². The average Bonchev–Trinajstić information content (AvgIpc) is 2.23. The van der Waals surface area contributed by atoms with Crippen molar-refractivity contribution < 1.29 is 23.1 Å². The molecule has 1 aromatic rings. The number of nitrogen functional groups attached to an aromatic ring is 1. The van der Waals surface area contributed by atoms with Crippen molar-refractivity contribution in [2.45, 2.75) is 39.3 Å². The topological polar surface area (TPSA) is 63.3 Å². The molecule has 3 N–H and O–H groups in total. The van der Waals surface area contributed by atoms with Crippen LogP contribution < -0.4 is 5.73 Å². The number of aliphatic carboxylic acids is 1. The number of carboxylic acid groups (broad SMARTS) is 1. The van der Waals surface area contributed by atoms with E-state index in [4.69, 9.17) is 5.73 Å². The molecule has 0 saturated heterocycles. The van der Waals surface area contributed by atoms with E-state index in [1.807, 2.05) is 20.8 Å². The Morgan fingerprint density at radius 1 is 1.30 bits per heavy atom. The first-order valence-corrected chi connectivity index (χ1v) is 6.12. The summed E-state index contributed by atoms with van der Waals surface area (Å²) in [6.07, 6.45) is -4.39. The van der Waals surface area contributed by atoms with E-state index in [9.17, 15) is 23.1 Å². The molecule has 0 fully saturated rings. The highest BCUT2D eigenvalue weighted by atomic mass is 19.4. The number of benzene rings is 1. The second kappa shape index (κ2) is 5.34. The number of nitrogens with two attached hydrogens (primary N) is 1. The fourth-order valence-electron chi connectivity index (χ4n) is 2.08. The molecule has 6 heteroatoms. The first-order chi connectivity index (χ1) is 8.93. The quantitative estimate of drug-likeness (QED) is 0.830. The number of halogens is 3. The van der Waals surface area contributed by atoms with Gasteiger partial charge >= 0.3 is 12.1 Å². The molecule has 1 aromatic carbocycles. The summed E-state index contributed by atoms with van der Waals surface area (Å²) in [5.41, 5.74) is 3.72. The first kappa shape index (κ1) is 16.3.